The number of halogens is 2. The maximum absolute atomic E-state index is 11.3. The summed E-state index contributed by atoms with van der Waals surface area (Å²) in [6.07, 6.45) is 0.920. The first-order valence-electron chi connectivity index (χ1n) is 4.82. The molecule has 0 spiro atoms. The van der Waals surface area contributed by atoms with Gasteiger partial charge >= 0.3 is 0 Å². The van der Waals surface area contributed by atoms with Gasteiger partial charge in [-0.3, -0.25) is 10.1 Å². The van der Waals surface area contributed by atoms with Gasteiger partial charge in [0.2, 0.25) is 0 Å². The second-order valence-electron chi connectivity index (χ2n) is 3.67. The van der Waals surface area contributed by atoms with E-state index in [-0.39, 0.29) is 0 Å². The first-order valence-corrected chi connectivity index (χ1v) is 6.51. The summed E-state index contributed by atoms with van der Waals surface area (Å²) in [5, 5.41) is 3.18. The second-order valence-corrected chi connectivity index (χ2v) is 5.85. The van der Waals surface area contributed by atoms with E-state index in [4.69, 9.17) is 23.2 Å². The van der Waals surface area contributed by atoms with Crippen molar-refractivity contribution in [2.75, 3.05) is 18.9 Å². The monoisotopic (exact) mass is 279 g/mol. The first kappa shape index (κ1) is 12.1. The fourth-order valence-electron chi connectivity index (χ4n) is 1.54. The molecular weight excluding hydrogens is 269 g/mol. The van der Waals surface area contributed by atoms with E-state index in [1.807, 2.05) is 0 Å². The van der Waals surface area contributed by atoms with Gasteiger partial charge in [0.05, 0.1) is 5.69 Å². The van der Waals surface area contributed by atoms with Crippen LogP contribution >= 0.6 is 34.5 Å². The third-order valence-corrected chi connectivity index (χ3v) is 3.74. The number of carbonyl (C=O) groups excluding carboxylic acids is 1. The minimum Gasteiger partial charge on any atom is -0.301 e. The van der Waals surface area contributed by atoms with Crippen molar-refractivity contribution in [2.24, 2.45) is 0 Å². The van der Waals surface area contributed by atoms with Gasteiger partial charge in [0.15, 0.2) is 9.97 Å². The molecule has 0 aromatic carbocycles. The third-order valence-electron chi connectivity index (χ3n) is 2.35. The van der Waals surface area contributed by atoms with Crippen LogP contribution in [-0.4, -0.2) is 34.2 Å². The van der Waals surface area contributed by atoms with Crippen LogP contribution in [0, 0.1) is 0 Å². The molecule has 88 valence electrons. The van der Waals surface area contributed by atoms with Crippen molar-refractivity contribution in [1.29, 1.82) is 0 Å². The highest BCUT2D eigenvalue weighted by Gasteiger charge is 2.20. The van der Waals surface area contributed by atoms with E-state index in [2.05, 4.69) is 22.2 Å². The lowest BCUT2D eigenvalue weighted by Crippen LogP contribution is -2.25. The van der Waals surface area contributed by atoms with Crippen LogP contribution in [0.5, 0.6) is 0 Å². The highest BCUT2D eigenvalue weighted by molar-refractivity contribution is 7.15. The number of carbonyl (C=O) groups is 1. The lowest BCUT2D eigenvalue weighted by atomic mass is 10.2. The Bertz CT molecular complexity index is 407. The normalized spacial score (nSPS) is 16.2. The van der Waals surface area contributed by atoms with Gasteiger partial charge < -0.3 is 4.90 Å². The van der Waals surface area contributed by atoms with Gasteiger partial charge in [0.25, 0.3) is 5.91 Å². The predicted octanol–water partition coefficient (Wildman–Crippen LogP) is 1.87. The molecule has 1 aliphatic rings. The van der Waals surface area contributed by atoms with Gasteiger partial charge in [-0.15, -0.1) is 11.3 Å². The molecular formula is C9H11Cl2N3OS. The summed E-state index contributed by atoms with van der Waals surface area (Å²) in [6.45, 7) is 1.88. The minimum atomic E-state index is -1.05. The Hall–Kier alpha value is -0.360. The average molecular weight is 280 g/mol. The Morgan fingerprint density at radius 2 is 2.38 bits per heavy atom. The molecule has 1 aromatic heterocycles. The van der Waals surface area contributed by atoms with Gasteiger partial charge in [-0.05, 0) is 7.05 Å². The summed E-state index contributed by atoms with van der Waals surface area (Å²) in [7, 11) is 2.06. The Labute approximate surface area is 108 Å². The van der Waals surface area contributed by atoms with Crippen LogP contribution in [0.1, 0.15) is 10.6 Å². The maximum atomic E-state index is 11.3. The fourth-order valence-corrected chi connectivity index (χ4v) is 2.74. The number of aromatic nitrogens is 1. The SMILES string of the molecule is CN1CCc2nc(NC(=O)C(Cl)Cl)sc2C1. The van der Waals surface area contributed by atoms with E-state index >= 15 is 0 Å². The molecule has 0 saturated carbocycles. The third kappa shape index (κ3) is 2.66. The lowest BCUT2D eigenvalue weighted by molar-refractivity contribution is -0.114. The number of likely N-dealkylation sites (N-methyl/N-ethyl adjacent to an activating group) is 1. The smallest absolute Gasteiger partial charge is 0.259 e. The Morgan fingerprint density at radius 3 is 3.06 bits per heavy atom. The molecule has 1 N–H and O–H groups in total. The summed E-state index contributed by atoms with van der Waals surface area (Å²) < 4.78 is 0. The number of amides is 1. The molecule has 1 amide bonds. The highest BCUT2D eigenvalue weighted by atomic mass is 35.5. The summed E-state index contributed by atoms with van der Waals surface area (Å²) in [6, 6.07) is 0. The van der Waals surface area contributed by atoms with Crippen LogP contribution in [-0.2, 0) is 17.8 Å². The van der Waals surface area contributed by atoms with Gasteiger partial charge in [0.1, 0.15) is 0 Å². The van der Waals surface area contributed by atoms with Crippen LogP contribution < -0.4 is 5.32 Å². The summed E-state index contributed by atoms with van der Waals surface area (Å²) in [5.74, 6) is -0.428. The van der Waals surface area contributed by atoms with Crippen LogP contribution in [0.15, 0.2) is 0 Å². The minimum absolute atomic E-state index is 0.428. The van der Waals surface area contributed by atoms with Crippen LogP contribution in [0.2, 0.25) is 0 Å². The average Bonchev–Trinajstić information content (AvgIpc) is 2.58. The number of nitrogens with one attached hydrogen (secondary N) is 1. The number of hydrogen-bond donors (Lipinski definition) is 1. The summed E-state index contributed by atoms with van der Waals surface area (Å²) in [5.41, 5.74) is 1.07. The van der Waals surface area contributed by atoms with E-state index in [1.165, 1.54) is 16.2 Å². The van der Waals surface area contributed by atoms with Crippen LogP contribution in [0.3, 0.4) is 0 Å². The Kier molecular flexibility index (Phi) is 3.69. The molecule has 0 unspecified atom stereocenters. The molecule has 0 saturated heterocycles. The quantitative estimate of drug-likeness (QED) is 0.841. The maximum Gasteiger partial charge on any atom is 0.259 e. The molecule has 1 aliphatic heterocycles. The largest absolute Gasteiger partial charge is 0.301 e. The number of nitrogens with zero attached hydrogens (tertiary/aromatic N) is 2. The molecule has 16 heavy (non-hydrogen) atoms. The van der Waals surface area contributed by atoms with Crippen molar-refractivity contribution in [2.45, 2.75) is 17.8 Å². The van der Waals surface area contributed by atoms with Crippen molar-refractivity contribution < 1.29 is 4.79 Å². The van der Waals surface area contributed by atoms with E-state index < -0.39 is 10.7 Å². The summed E-state index contributed by atoms with van der Waals surface area (Å²) in [4.78, 5) is 18.0. The van der Waals surface area contributed by atoms with Crippen molar-refractivity contribution in [3.05, 3.63) is 10.6 Å². The van der Waals surface area contributed by atoms with Crippen molar-refractivity contribution in [3.63, 3.8) is 0 Å². The van der Waals surface area contributed by atoms with Crippen molar-refractivity contribution in [3.8, 4) is 0 Å². The molecule has 2 heterocycles. The zero-order valence-corrected chi connectivity index (χ0v) is 11.0. The fraction of sp³-hybridized carbons (Fsp3) is 0.556. The second kappa shape index (κ2) is 4.87. The molecule has 4 nitrogen and oxygen atoms in total. The predicted molar refractivity (Wildman–Crippen MR) is 66.3 cm³/mol. The number of hydrogen-bond acceptors (Lipinski definition) is 4. The zero-order chi connectivity index (χ0) is 11.7. The molecule has 7 heteroatoms. The molecule has 0 radical (unpaired) electrons. The number of thiazole rings is 1. The van der Waals surface area contributed by atoms with Gasteiger partial charge in [-0.2, -0.15) is 0 Å². The molecule has 0 fully saturated rings. The highest BCUT2D eigenvalue weighted by Crippen LogP contribution is 2.27. The van der Waals surface area contributed by atoms with Gasteiger partial charge in [-0.25, -0.2) is 4.98 Å². The van der Waals surface area contributed by atoms with Gasteiger partial charge in [0, 0.05) is 24.4 Å². The summed E-state index contributed by atoms with van der Waals surface area (Å²) >= 11 is 12.4. The number of alkyl halides is 2. The topological polar surface area (TPSA) is 45.2 Å². The Balaban J connectivity index is 2.10. The van der Waals surface area contributed by atoms with E-state index in [0.29, 0.717) is 5.13 Å². The Morgan fingerprint density at radius 1 is 1.62 bits per heavy atom. The molecule has 0 atom stereocenters. The van der Waals surface area contributed by atoms with E-state index in [0.717, 1.165) is 25.2 Å². The van der Waals surface area contributed by atoms with Crippen LogP contribution in [0.4, 0.5) is 5.13 Å². The standard InChI is InChI=1S/C9H11Cl2N3OS/c1-14-3-2-5-6(4-14)16-9(12-5)13-8(15)7(10)11/h7H,2-4H2,1H3,(H,12,13,15). The van der Waals surface area contributed by atoms with E-state index in [9.17, 15) is 4.79 Å². The molecule has 1 aromatic rings. The number of fused-ring (bicyclic) bond motifs is 1. The van der Waals surface area contributed by atoms with Crippen molar-refractivity contribution in [1.82, 2.24) is 9.88 Å². The molecule has 0 bridgehead atoms. The molecule has 2 rings (SSSR count). The number of anilines is 1. The number of rotatable bonds is 2. The van der Waals surface area contributed by atoms with E-state index in [1.54, 1.807) is 0 Å². The molecule has 0 aliphatic carbocycles. The van der Waals surface area contributed by atoms with Crippen LogP contribution in [0.25, 0.3) is 0 Å². The zero-order valence-electron chi connectivity index (χ0n) is 8.67. The lowest BCUT2D eigenvalue weighted by Gasteiger charge is -2.20. The van der Waals surface area contributed by atoms with Crippen molar-refractivity contribution >= 4 is 45.6 Å². The first-order chi connectivity index (χ1) is 7.56. The van der Waals surface area contributed by atoms with Gasteiger partial charge in [-0.1, -0.05) is 23.2 Å².